The second-order valence-corrected chi connectivity index (χ2v) is 5.82. The SMILES string of the molecule is C=CCOc1ccc(C(=O)NC[C@@H]2C[C@@H](C)O[C@H]2C)cc1OC. The molecule has 0 bridgehead atoms. The first-order valence-corrected chi connectivity index (χ1v) is 7.90. The molecule has 5 nitrogen and oxygen atoms in total. The number of carbonyl (C=O) groups excluding carboxylic acids is 1. The highest BCUT2D eigenvalue weighted by molar-refractivity contribution is 5.94. The number of nitrogens with one attached hydrogen (secondary N) is 1. The Labute approximate surface area is 137 Å². The molecule has 1 fully saturated rings. The van der Waals surface area contributed by atoms with E-state index in [-0.39, 0.29) is 18.1 Å². The molecule has 5 heteroatoms. The van der Waals surface area contributed by atoms with E-state index in [1.807, 2.05) is 0 Å². The summed E-state index contributed by atoms with van der Waals surface area (Å²) in [7, 11) is 1.55. The minimum atomic E-state index is -0.120. The van der Waals surface area contributed by atoms with E-state index >= 15 is 0 Å². The molecule has 0 radical (unpaired) electrons. The van der Waals surface area contributed by atoms with Crippen LogP contribution in [0.1, 0.15) is 30.6 Å². The van der Waals surface area contributed by atoms with Gasteiger partial charge in [-0.2, -0.15) is 0 Å². The zero-order valence-corrected chi connectivity index (χ0v) is 14.0. The van der Waals surface area contributed by atoms with E-state index in [0.717, 1.165) is 6.42 Å². The first-order valence-electron chi connectivity index (χ1n) is 7.90. The molecule has 126 valence electrons. The highest BCUT2D eigenvalue weighted by Crippen LogP contribution is 2.28. The van der Waals surface area contributed by atoms with Crippen molar-refractivity contribution in [2.45, 2.75) is 32.5 Å². The Morgan fingerprint density at radius 1 is 1.43 bits per heavy atom. The molecule has 1 saturated heterocycles. The standard InChI is InChI=1S/C18H25NO4/c1-5-8-22-16-7-6-14(10-17(16)21-4)18(20)19-11-15-9-12(2)23-13(15)3/h5-7,10,12-13,15H,1,8-9,11H2,2-4H3,(H,19,20)/t12-,13+,15+/m1/s1. The van der Waals surface area contributed by atoms with Crippen LogP contribution in [-0.4, -0.2) is 38.4 Å². The predicted octanol–water partition coefficient (Wildman–Crippen LogP) is 2.80. The molecule has 2 rings (SSSR count). The van der Waals surface area contributed by atoms with Gasteiger partial charge < -0.3 is 19.5 Å². The molecule has 3 atom stereocenters. The molecule has 0 saturated carbocycles. The van der Waals surface area contributed by atoms with Crippen molar-refractivity contribution in [3.8, 4) is 11.5 Å². The van der Waals surface area contributed by atoms with E-state index in [1.54, 1.807) is 31.4 Å². The van der Waals surface area contributed by atoms with E-state index in [1.165, 1.54) is 0 Å². The highest BCUT2D eigenvalue weighted by atomic mass is 16.5. The summed E-state index contributed by atoms with van der Waals surface area (Å²) < 4.78 is 16.5. The summed E-state index contributed by atoms with van der Waals surface area (Å²) in [5.41, 5.74) is 0.549. The topological polar surface area (TPSA) is 56.8 Å². The maximum absolute atomic E-state index is 12.3. The number of hydrogen-bond donors (Lipinski definition) is 1. The van der Waals surface area contributed by atoms with Crippen LogP contribution in [0.3, 0.4) is 0 Å². The van der Waals surface area contributed by atoms with Gasteiger partial charge in [-0.15, -0.1) is 0 Å². The number of methoxy groups -OCH3 is 1. The van der Waals surface area contributed by atoms with Crippen molar-refractivity contribution in [1.29, 1.82) is 0 Å². The van der Waals surface area contributed by atoms with E-state index in [9.17, 15) is 4.79 Å². The Hall–Kier alpha value is -2.01. The minimum absolute atomic E-state index is 0.120. The Kier molecular flexibility index (Phi) is 6.04. The van der Waals surface area contributed by atoms with Crippen LogP contribution in [0, 0.1) is 5.92 Å². The summed E-state index contributed by atoms with van der Waals surface area (Å²) in [5, 5.41) is 2.97. The molecule has 23 heavy (non-hydrogen) atoms. The smallest absolute Gasteiger partial charge is 0.251 e. The van der Waals surface area contributed by atoms with Crippen LogP contribution < -0.4 is 14.8 Å². The number of ether oxygens (including phenoxy) is 3. The molecule has 1 aliphatic rings. The zero-order valence-electron chi connectivity index (χ0n) is 14.0. The lowest BCUT2D eigenvalue weighted by Gasteiger charge is -2.15. The first kappa shape index (κ1) is 17.3. The molecule has 0 aromatic heterocycles. The van der Waals surface area contributed by atoms with Gasteiger partial charge in [-0.05, 0) is 38.5 Å². The highest BCUT2D eigenvalue weighted by Gasteiger charge is 2.29. The molecule has 1 amide bonds. The van der Waals surface area contributed by atoms with E-state index in [0.29, 0.717) is 36.1 Å². The van der Waals surface area contributed by atoms with Gasteiger partial charge in [0.25, 0.3) is 5.91 Å². The van der Waals surface area contributed by atoms with Gasteiger partial charge >= 0.3 is 0 Å². The number of hydrogen-bond acceptors (Lipinski definition) is 4. The lowest BCUT2D eigenvalue weighted by atomic mass is 10.0. The van der Waals surface area contributed by atoms with Crippen molar-refractivity contribution in [1.82, 2.24) is 5.32 Å². The van der Waals surface area contributed by atoms with Crippen LogP contribution >= 0.6 is 0 Å². The molecule has 0 unspecified atom stereocenters. The molecule has 1 aromatic rings. The number of amides is 1. The Bertz CT molecular complexity index is 558. The second kappa shape index (κ2) is 8.02. The van der Waals surface area contributed by atoms with E-state index < -0.39 is 0 Å². The van der Waals surface area contributed by atoms with Gasteiger partial charge in [0, 0.05) is 18.0 Å². The normalized spacial score (nSPS) is 23.3. The van der Waals surface area contributed by atoms with Crippen molar-refractivity contribution in [3.05, 3.63) is 36.4 Å². The Balaban J connectivity index is 1.97. The maximum atomic E-state index is 12.3. The summed E-state index contributed by atoms with van der Waals surface area (Å²) in [6, 6.07) is 5.15. The van der Waals surface area contributed by atoms with Crippen molar-refractivity contribution in [3.63, 3.8) is 0 Å². The summed E-state index contributed by atoms with van der Waals surface area (Å²) in [4.78, 5) is 12.3. The lowest BCUT2D eigenvalue weighted by molar-refractivity contribution is 0.0557. The van der Waals surface area contributed by atoms with Gasteiger partial charge in [0.15, 0.2) is 11.5 Å². The molecule has 0 aliphatic carbocycles. The quantitative estimate of drug-likeness (QED) is 0.785. The average Bonchev–Trinajstić information content (AvgIpc) is 2.88. The van der Waals surface area contributed by atoms with E-state index in [4.69, 9.17) is 14.2 Å². The van der Waals surface area contributed by atoms with Crippen LogP contribution in [0.4, 0.5) is 0 Å². The van der Waals surface area contributed by atoms with Crippen LogP contribution in [0.15, 0.2) is 30.9 Å². The Morgan fingerprint density at radius 3 is 2.83 bits per heavy atom. The van der Waals surface area contributed by atoms with Gasteiger partial charge in [0.1, 0.15) is 6.61 Å². The Morgan fingerprint density at radius 2 is 2.22 bits per heavy atom. The lowest BCUT2D eigenvalue weighted by Crippen LogP contribution is -2.31. The van der Waals surface area contributed by atoms with Crippen molar-refractivity contribution < 1.29 is 19.0 Å². The zero-order chi connectivity index (χ0) is 16.8. The average molecular weight is 319 g/mol. The first-order chi connectivity index (χ1) is 11.0. The molecular weight excluding hydrogens is 294 g/mol. The van der Waals surface area contributed by atoms with Gasteiger partial charge in [-0.25, -0.2) is 0 Å². The van der Waals surface area contributed by atoms with Crippen molar-refractivity contribution in [2.75, 3.05) is 20.3 Å². The minimum Gasteiger partial charge on any atom is -0.493 e. The van der Waals surface area contributed by atoms with Gasteiger partial charge in [-0.1, -0.05) is 12.7 Å². The van der Waals surface area contributed by atoms with E-state index in [2.05, 4.69) is 25.7 Å². The molecule has 0 spiro atoms. The van der Waals surface area contributed by atoms with Crippen molar-refractivity contribution in [2.24, 2.45) is 5.92 Å². The van der Waals surface area contributed by atoms with Crippen LogP contribution in [0.25, 0.3) is 0 Å². The monoisotopic (exact) mass is 319 g/mol. The fourth-order valence-corrected chi connectivity index (χ4v) is 2.80. The molecule has 1 N–H and O–H groups in total. The summed E-state index contributed by atoms with van der Waals surface area (Å²) in [6.45, 7) is 8.72. The summed E-state index contributed by atoms with van der Waals surface area (Å²) in [5.74, 6) is 1.36. The summed E-state index contributed by atoms with van der Waals surface area (Å²) in [6.07, 6.45) is 3.06. The second-order valence-electron chi connectivity index (χ2n) is 5.82. The molecule has 1 heterocycles. The fraction of sp³-hybridized carbons (Fsp3) is 0.500. The van der Waals surface area contributed by atoms with Crippen LogP contribution in [0.2, 0.25) is 0 Å². The maximum Gasteiger partial charge on any atom is 0.251 e. The third-order valence-electron chi connectivity index (χ3n) is 4.05. The molecule has 1 aromatic carbocycles. The van der Waals surface area contributed by atoms with Crippen LogP contribution in [0.5, 0.6) is 11.5 Å². The largest absolute Gasteiger partial charge is 0.493 e. The van der Waals surface area contributed by atoms with Crippen molar-refractivity contribution >= 4 is 5.91 Å². The molecular formula is C18H25NO4. The van der Waals surface area contributed by atoms with Crippen LogP contribution in [-0.2, 0) is 4.74 Å². The molecule has 1 aliphatic heterocycles. The van der Waals surface area contributed by atoms with Gasteiger partial charge in [-0.3, -0.25) is 4.79 Å². The van der Waals surface area contributed by atoms with Gasteiger partial charge in [0.2, 0.25) is 0 Å². The predicted molar refractivity (Wildman–Crippen MR) is 89.1 cm³/mol. The fourth-order valence-electron chi connectivity index (χ4n) is 2.80. The number of benzene rings is 1. The number of rotatable bonds is 7. The third kappa shape index (κ3) is 4.48. The van der Waals surface area contributed by atoms with Gasteiger partial charge in [0.05, 0.1) is 19.3 Å². The summed E-state index contributed by atoms with van der Waals surface area (Å²) >= 11 is 0. The number of carbonyl (C=O) groups is 1. The third-order valence-corrected chi connectivity index (χ3v) is 4.05.